The van der Waals surface area contributed by atoms with Gasteiger partial charge in [-0.05, 0) is 64.6 Å². The number of carbonyl (C=O) groups is 2. The van der Waals surface area contributed by atoms with Gasteiger partial charge in [-0.25, -0.2) is 4.79 Å². The highest BCUT2D eigenvalue weighted by molar-refractivity contribution is 14.1. The summed E-state index contributed by atoms with van der Waals surface area (Å²) in [7, 11) is 1.60. The normalized spacial score (nSPS) is 16.5. The molecule has 4 rings (SSSR count). The molecule has 0 unspecified atom stereocenters. The Morgan fingerprint density at radius 1 is 1.09 bits per heavy atom. The Labute approximate surface area is 208 Å². The van der Waals surface area contributed by atoms with Crippen LogP contribution in [-0.4, -0.2) is 32.3 Å². The number of esters is 2. The molecule has 2 aliphatic rings. The highest BCUT2D eigenvalue weighted by Gasteiger charge is 2.47. The summed E-state index contributed by atoms with van der Waals surface area (Å²) < 4.78 is 23.9. The molecule has 1 saturated carbocycles. The molecule has 2 aromatic carbocycles. The van der Waals surface area contributed by atoms with E-state index in [0.29, 0.717) is 23.7 Å². The minimum absolute atomic E-state index is 0.0966. The molecule has 2 aromatic rings. The first-order valence-corrected chi connectivity index (χ1v) is 12.2. The van der Waals surface area contributed by atoms with Gasteiger partial charge in [0, 0.05) is 11.1 Å². The van der Waals surface area contributed by atoms with Crippen molar-refractivity contribution in [3.05, 3.63) is 45.0 Å². The van der Waals surface area contributed by atoms with Gasteiger partial charge in [-0.2, -0.15) is 0 Å². The standard InChI is InChI=1S/C26H29IO6/c1-25(2,3)14-33-24(29)26(11-6-12-26)15-32-21-17(9-10-20(27)22(21)30-4)16-7-5-8-18-19(16)13-31-23(18)28/h5,7-10H,6,11-15H2,1-4H3. The maximum Gasteiger partial charge on any atom is 0.338 e. The van der Waals surface area contributed by atoms with E-state index >= 15 is 0 Å². The van der Waals surface area contributed by atoms with Gasteiger partial charge in [-0.15, -0.1) is 0 Å². The van der Waals surface area contributed by atoms with Gasteiger partial charge in [-0.1, -0.05) is 39.3 Å². The number of benzene rings is 2. The fraction of sp³-hybridized carbons (Fsp3) is 0.462. The zero-order valence-corrected chi connectivity index (χ0v) is 21.6. The first-order valence-electron chi connectivity index (χ1n) is 11.1. The first kappa shape index (κ1) is 23.9. The predicted octanol–water partition coefficient (Wildman–Crippen LogP) is 5.78. The zero-order valence-electron chi connectivity index (χ0n) is 19.5. The maximum atomic E-state index is 13.0. The summed E-state index contributed by atoms with van der Waals surface area (Å²) in [6, 6.07) is 9.48. The minimum Gasteiger partial charge on any atom is -0.492 e. The lowest BCUT2D eigenvalue weighted by Crippen LogP contribution is -2.45. The monoisotopic (exact) mass is 564 g/mol. The summed E-state index contributed by atoms with van der Waals surface area (Å²) in [5.41, 5.74) is 2.32. The number of methoxy groups -OCH3 is 1. The number of ether oxygens (including phenoxy) is 4. The SMILES string of the molecule is COc1c(I)ccc(-c2cccc3c2COC3=O)c1OCC1(C(=O)OCC(C)(C)C)CCC1. The molecule has 1 aliphatic carbocycles. The Morgan fingerprint density at radius 3 is 2.45 bits per heavy atom. The number of halogens is 1. The Balaban J connectivity index is 1.67. The average molecular weight is 564 g/mol. The van der Waals surface area contributed by atoms with Crippen LogP contribution < -0.4 is 9.47 Å². The maximum absolute atomic E-state index is 13.0. The Hall–Kier alpha value is -2.29. The lowest BCUT2D eigenvalue weighted by molar-refractivity contribution is -0.167. The van der Waals surface area contributed by atoms with E-state index in [0.717, 1.165) is 39.5 Å². The second-order valence-corrected chi connectivity index (χ2v) is 11.1. The number of fused-ring (bicyclic) bond motifs is 1. The molecule has 0 saturated heterocycles. The molecule has 1 fully saturated rings. The Morgan fingerprint density at radius 2 is 1.82 bits per heavy atom. The van der Waals surface area contributed by atoms with E-state index in [1.54, 1.807) is 13.2 Å². The first-order chi connectivity index (χ1) is 15.6. The van der Waals surface area contributed by atoms with E-state index in [-0.39, 0.29) is 30.6 Å². The van der Waals surface area contributed by atoms with Crippen LogP contribution in [-0.2, 0) is 20.9 Å². The van der Waals surface area contributed by atoms with Gasteiger partial charge in [0.25, 0.3) is 0 Å². The second kappa shape index (κ2) is 9.16. The quantitative estimate of drug-likeness (QED) is 0.314. The van der Waals surface area contributed by atoms with Crippen LogP contribution in [0.15, 0.2) is 30.3 Å². The van der Waals surface area contributed by atoms with Crippen molar-refractivity contribution in [3.63, 3.8) is 0 Å². The molecular weight excluding hydrogens is 535 g/mol. The van der Waals surface area contributed by atoms with Crippen LogP contribution in [0.25, 0.3) is 11.1 Å². The van der Waals surface area contributed by atoms with Gasteiger partial charge in [0.05, 0.1) is 22.9 Å². The molecule has 1 aliphatic heterocycles. The van der Waals surface area contributed by atoms with E-state index < -0.39 is 5.41 Å². The number of hydrogen-bond donors (Lipinski definition) is 0. The number of rotatable bonds is 7. The van der Waals surface area contributed by atoms with Gasteiger partial charge < -0.3 is 18.9 Å². The molecule has 0 aromatic heterocycles. The second-order valence-electron chi connectivity index (χ2n) is 9.92. The highest BCUT2D eigenvalue weighted by atomic mass is 127. The highest BCUT2D eigenvalue weighted by Crippen LogP contribution is 2.47. The van der Waals surface area contributed by atoms with Crippen molar-refractivity contribution in [1.82, 2.24) is 0 Å². The van der Waals surface area contributed by atoms with E-state index in [1.165, 1.54) is 0 Å². The lowest BCUT2D eigenvalue weighted by atomic mass is 9.69. The van der Waals surface area contributed by atoms with Crippen molar-refractivity contribution >= 4 is 34.5 Å². The molecular formula is C26H29IO6. The van der Waals surface area contributed by atoms with Crippen molar-refractivity contribution in [2.24, 2.45) is 10.8 Å². The average Bonchev–Trinajstić information content (AvgIpc) is 3.12. The largest absolute Gasteiger partial charge is 0.492 e. The molecule has 6 nitrogen and oxygen atoms in total. The van der Waals surface area contributed by atoms with Gasteiger partial charge in [-0.3, -0.25) is 4.79 Å². The zero-order chi connectivity index (χ0) is 23.8. The Bertz CT molecular complexity index is 1080. The van der Waals surface area contributed by atoms with Crippen molar-refractivity contribution in [1.29, 1.82) is 0 Å². The molecule has 0 bridgehead atoms. The molecule has 33 heavy (non-hydrogen) atoms. The molecule has 0 N–H and O–H groups in total. The van der Waals surface area contributed by atoms with Crippen molar-refractivity contribution in [2.45, 2.75) is 46.6 Å². The summed E-state index contributed by atoms with van der Waals surface area (Å²) in [4.78, 5) is 25.1. The van der Waals surface area contributed by atoms with E-state index in [4.69, 9.17) is 18.9 Å². The summed E-state index contributed by atoms with van der Waals surface area (Å²) >= 11 is 2.21. The van der Waals surface area contributed by atoms with E-state index in [9.17, 15) is 9.59 Å². The van der Waals surface area contributed by atoms with E-state index in [1.807, 2.05) is 45.0 Å². The van der Waals surface area contributed by atoms with Crippen LogP contribution in [0.5, 0.6) is 11.5 Å². The minimum atomic E-state index is -0.646. The third-order valence-corrected chi connectivity index (χ3v) is 7.02. The molecule has 0 spiro atoms. The van der Waals surface area contributed by atoms with Crippen LogP contribution >= 0.6 is 22.6 Å². The van der Waals surface area contributed by atoms with Crippen molar-refractivity contribution < 1.29 is 28.5 Å². The smallest absolute Gasteiger partial charge is 0.338 e. The van der Waals surface area contributed by atoms with Crippen molar-refractivity contribution in [3.8, 4) is 22.6 Å². The van der Waals surface area contributed by atoms with Gasteiger partial charge in [0.2, 0.25) is 0 Å². The molecule has 0 radical (unpaired) electrons. The predicted molar refractivity (Wildman–Crippen MR) is 132 cm³/mol. The molecule has 176 valence electrons. The molecule has 7 heteroatoms. The van der Waals surface area contributed by atoms with E-state index in [2.05, 4.69) is 22.6 Å². The topological polar surface area (TPSA) is 71.1 Å². The van der Waals surface area contributed by atoms with Crippen LogP contribution in [0.3, 0.4) is 0 Å². The number of cyclic esters (lactones) is 1. The van der Waals surface area contributed by atoms with Gasteiger partial charge in [0.1, 0.15) is 18.6 Å². The fourth-order valence-electron chi connectivity index (χ4n) is 4.14. The molecule has 1 heterocycles. The van der Waals surface area contributed by atoms with Gasteiger partial charge in [0.15, 0.2) is 11.5 Å². The molecule has 0 amide bonds. The lowest BCUT2D eigenvalue weighted by Gasteiger charge is -2.39. The third kappa shape index (κ3) is 4.69. The third-order valence-electron chi connectivity index (χ3n) is 6.17. The van der Waals surface area contributed by atoms with Gasteiger partial charge >= 0.3 is 11.9 Å². The fourth-order valence-corrected chi connectivity index (χ4v) is 4.79. The summed E-state index contributed by atoms with van der Waals surface area (Å²) in [6.07, 6.45) is 2.44. The summed E-state index contributed by atoms with van der Waals surface area (Å²) in [6.45, 7) is 6.93. The summed E-state index contributed by atoms with van der Waals surface area (Å²) in [5.74, 6) is 0.650. The van der Waals surface area contributed by atoms with Crippen LogP contribution in [0.2, 0.25) is 0 Å². The van der Waals surface area contributed by atoms with Crippen LogP contribution in [0.4, 0.5) is 0 Å². The molecule has 0 atom stereocenters. The number of hydrogen-bond acceptors (Lipinski definition) is 6. The Kier molecular flexibility index (Phi) is 6.62. The van der Waals surface area contributed by atoms with Crippen LogP contribution in [0.1, 0.15) is 56.0 Å². The summed E-state index contributed by atoms with van der Waals surface area (Å²) in [5, 5.41) is 0. The number of carbonyl (C=O) groups excluding carboxylic acids is 2. The van der Waals surface area contributed by atoms with Crippen molar-refractivity contribution in [2.75, 3.05) is 20.3 Å². The van der Waals surface area contributed by atoms with Crippen LogP contribution in [0, 0.1) is 14.4 Å².